The van der Waals surface area contributed by atoms with Gasteiger partial charge in [-0.05, 0) is 24.5 Å². The summed E-state index contributed by atoms with van der Waals surface area (Å²) in [4.78, 5) is 26.2. The van der Waals surface area contributed by atoms with Crippen LogP contribution in [0.4, 0.5) is 0 Å². The van der Waals surface area contributed by atoms with E-state index in [4.69, 9.17) is 0 Å². The third-order valence-electron chi connectivity index (χ3n) is 5.45. The zero-order valence-electron chi connectivity index (χ0n) is 15.3. The molecule has 1 aliphatic rings. The lowest BCUT2D eigenvalue weighted by atomic mass is 9.81. The number of hydrogen-bond donors (Lipinski definition) is 1. The van der Waals surface area contributed by atoms with Crippen molar-refractivity contribution >= 4 is 11.9 Å². The minimum Gasteiger partial charge on any atom is -0.481 e. The van der Waals surface area contributed by atoms with E-state index in [2.05, 4.69) is 38.1 Å². The Kier molecular flexibility index (Phi) is 5.12. The Morgan fingerprint density at radius 1 is 1.12 bits per heavy atom. The van der Waals surface area contributed by atoms with Crippen LogP contribution in [0, 0.1) is 6.92 Å². The fourth-order valence-electron chi connectivity index (χ4n) is 3.70. The molecule has 0 bridgehead atoms. The Morgan fingerprint density at radius 3 is 2.38 bits per heavy atom. The molecule has 4 nitrogen and oxygen atoms in total. The van der Waals surface area contributed by atoms with Crippen molar-refractivity contribution in [2.24, 2.45) is 0 Å². The SMILES string of the molecule is Cc1ccc(C2(C)CCN(C(=O)CC(C(=O)O)c3ccccc3)C2)cc1. The number of amides is 1. The molecule has 26 heavy (non-hydrogen) atoms. The van der Waals surface area contributed by atoms with Gasteiger partial charge in [0.1, 0.15) is 0 Å². The lowest BCUT2D eigenvalue weighted by molar-refractivity contribution is -0.142. The second-order valence-electron chi connectivity index (χ2n) is 7.50. The molecule has 0 aromatic heterocycles. The maximum atomic E-state index is 12.8. The maximum absolute atomic E-state index is 12.8. The van der Waals surface area contributed by atoms with Crippen molar-refractivity contribution in [1.82, 2.24) is 4.90 Å². The summed E-state index contributed by atoms with van der Waals surface area (Å²) in [6.07, 6.45) is 0.897. The van der Waals surface area contributed by atoms with Crippen LogP contribution in [0.3, 0.4) is 0 Å². The van der Waals surface area contributed by atoms with Crippen LogP contribution in [-0.2, 0) is 15.0 Å². The molecule has 0 radical (unpaired) electrons. The highest BCUT2D eigenvalue weighted by molar-refractivity contribution is 5.86. The number of benzene rings is 2. The van der Waals surface area contributed by atoms with Crippen molar-refractivity contribution in [2.75, 3.05) is 13.1 Å². The highest BCUT2D eigenvalue weighted by Crippen LogP contribution is 2.35. The van der Waals surface area contributed by atoms with Crippen LogP contribution in [0.5, 0.6) is 0 Å². The van der Waals surface area contributed by atoms with Crippen molar-refractivity contribution in [1.29, 1.82) is 0 Å². The van der Waals surface area contributed by atoms with E-state index >= 15 is 0 Å². The van der Waals surface area contributed by atoms with Crippen LogP contribution >= 0.6 is 0 Å². The molecule has 2 unspecified atom stereocenters. The minimum atomic E-state index is -0.954. The molecule has 3 rings (SSSR count). The van der Waals surface area contributed by atoms with Crippen molar-refractivity contribution < 1.29 is 14.7 Å². The number of carboxylic acids is 1. The second-order valence-corrected chi connectivity index (χ2v) is 7.50. The van der Waals surface area contributed by atoms with Gasteiger partial charge in [0.15, 0.2) is 0 Å². The van der Waals surface area contributed by atoms with Crippen molar-refractivity contribution in [3.8, 4) is 0 Å². The lowest BCUT2D eigenvalue weighted by Crippen LogP contribution is -2.34. The van der Waals surface area contributed by atoms with Crippen LogP contribution in [0.1, 0.15) is 42.4 Å². The van der Waals surface area contributed by atoms with Gasteiger partial charge in [-0.2, -0.15) is 0 Å². The summed E-state index contributed by atoms with van der Waals surface area (Å²) in [5, 5.41) is 9.55. The molecule has 1 saturated heterocycles. The highest BCUT2D eigenvalue weighted by Gasteiger charge is 2.38. The van der Waals surface area contributed by atoms with Gasteiger partial charge in [0.2, 0.25) is 5.91 Å². The Balaban J connectivity index is 1.71. The summed E-state index contributed by atoms with van der Waals surface area (Å²) in [6, 6.07) is 17.5. The van der Waals surface area contributed by atoms with Gasteiger partial charge in [-0.25, -0.2) is 0 Å². The molecule has 1 amide bonds. The topological polar surface area (TPSA) is 57.6 Å². The Bertz CT molecular complexity index is 785. The number of nitrogens with zero attached hydrogens (tertiary/aromatic N) is 1. The number of carbonyl (C=O) groups excluding carboxylic acids is 1. The first-order chi connectivity index (χ1) is 12.4. The molecule has 0 spiro atoms. The average molecular weight is 351 g/mol. The molecular weight excluding hydrogens is 326 g/mol. The molecule has 1 heterocycles. The van der Waals surface area contributed by atoms with Crippen molar-refractivity contribution in [3.63, 3.8) is 0 Å². The molecule has 136 valence electrons. The second kappa shape index (κ2) is 7.32. The summed E-state index contributed by atoms with van der Waals surface area (Å²) in [5.41, 5.74) is 3.05. The van der Waals surface area contributed by atoms with Crippen LogP contribution in [0.2, 0.25) is 0 Å². The van der Waals surface area contributed by atoms with Crippen LogP contribution < -0.4 is 0 Å². The largest absolute Gasteiger partial charge is 0.481 e. The van der Waals surface area contributed by atoms with E-state index in [9.17, 15) is 14.7 Å². The molecule has 1 fully saturated rings. The van der Waals surface area contributed by atoms with Gasteiger partial charge in [0, 0.05) is 24.9 Å². The van der Waals surface area contributed by atoms with Crippen LogP contribution in [-0.4, -0.2) is 35.0 Å². The number of carboxylic acid groups (broad SMARTS) is 1. The van der Waals surface area contributed by atoms with E-state index in [1.807, 2.05) is 11.0 Å². The van der Waals surface area contributed by atoms with E-state index in [0.717, 1.165) is 6.42 Å². The molecule has 0 aliphatic carbocycles. The third-order valence-corrected chi connectivity index (χ3v) is 5.45. The molecule has 2 aromatic carbocycles. The number of hydrogen-bond acceptors (Lipinski definition) is 2. The van der Waals surface area contributed by atoms with Gasteiger partial charge in [-0.15, -0.1) is 0 Å². The predicted octanol–water partition coefficient (Wildman–Crippen LogP) is 3.74. The first kappa shape index (κ1) is 18.2. The molecule has 4 heteroatoms. The number of rotatable bonds is 5. The zero-order chi connectivity index (χ0) is 18.7. The Morgan fingerprint density at radius 2 is 1.77 bits per heavy atom. The molecule has 1 aliphatic heterocycles. The van der Waals surface area contributed by atoms with E-state index in [1.165, 1.54) is 11.1 Å². The number of likely N-dealkylation sites (tertiary alicyclic amines) is 1. The molecule has 1 N–H and O–H groups in total. The molecule has 2 atom stereocenters. The van der Waals surface area contributed by atoms with E-state index < -0.39 is 11.9 Å². The summed E-state index contributed by atoms with van der Waals surface area (Å²) in [7, 11) is 0. The molecular formula is C22H25NO3. The summed E-state index contributed by atoms with van der Waals surface area (Å²) in [6.45, 7) is 5.55. The van der Waals surface area contributed by atoms with Gasteiger partial charge in [-0.3, -0.25) is 9.59 Å². The van der Waals surface area contributed by atoms with Gasteiger partial charge in [0.25, 0.3) is 0 Å². The van der Waals surface area contributed by atoms with Gasteiger partial charge < -0.3 is 10.0 Å². The fourth-order valence-corrected chi connectivity index (χ4v) is 3.70. The quantitative estimate of drug-likeness (QED) is 0.893. The van der Waals surface area contributed by atoms with Crippen molar-refractivity contribution in [3.05, 3.63) is 71.3 Å². The predicted molar refractivity (Wildman–Crippen MR) is 101 cm³/mol. The Hall–Kier alpha value is -2.62. The van der Waals surface area contributed by atoms with Crippen molar-refractivity contribution in [2.45, 2.75) is 38.0 Å². The number of aliphatic carboxylic acids is 1. The highest BCUT2D eigenvalue weighted by atomic mass is 16.4. The normalized spacial score (nSPS) is 20.8. The lowest BCUT2D eigenvalue weighted by Gasteiger charge is -2.26. The molecule has 0 saturated carbocycles. The first-order valence-electron chi connectivity index (χ1n) is 9.02. The fraction of sp³-hybridized carbons (Fsp3) is 0.364. The monoisotopic (exact) mass is 351 g/mol. The average Bonchev–Trinajstić information content (AvgIpc) is 3.04. The number of carbonyl (C=O) groups is 2. The van der Waals surface area contributed by atoms with E-state index in [-0.39, 0.29) is 17.7 Å². The Labute approximate surface area is 154 Å². The summed E-state index contributed by atoms with van der Waals surface area (Å²) >= 11 is 0. The first-order valence-corrected chi connectivity index (χ1v) is 9.02. The molecule has 2 aromatic rings. The van der Waals surface area contributed by atoms with Crippen LogP contribution in [0.25, 0.3) is 0 Å². The van der Waals surface area contributed by atoms with Gasteiger partial charge in [0.05, 0.1) is 5.92 Å². The van der Waals surface area contributed by atoms with E-state index in [0.29, 0.717) is 18.7 Å². The zero-order valence-corrected chi connectivity index (χ0v) is 15.3. The smallest absolute Gasteiger partial charge is 0.311 e. The van der Waals surface area contributed by atoms with Gasteiger partial charge >= 0.3 is 5.97 Å². The van der Waals surface area contributed by atoms with E-state index in [1.54, 1.807) is 24.3 Å². The summed E-state index contributed by atoms with van der Waals surface area (Å²) in [5.74, 6) is -1.84. The number of aryl methyl sites for hydroxylation is 1. The summed E-state index contributed by atoms with van der Waals surface area (Å²) < 4.78 is 0. The minimum absolute atomic E-state index is 0.00330. The standard InChI is InChI=1S/C22H25NO3/c1-16-8-10-18(11-9-16)22(2)12-13-23(15-22)20(24)14-19(21(25)26)17-6-4-3-5-7-17/h3-11,19H,12-15H2,1-2H3,(H,25,26). The third kappa shape index (κ3) is 3.79. The van der Waals surface area contributed by atoms with Crippen LogP contribution in [0.15, 0.2) is 54.6 Å². The van der Waals surface area contributed by atoms with Gasteiger partial charge in [-0.1, -0.05) is 67.1 Å². The maximum Gasteiger partial charge on any atom is 0.311 e.